The SMILES string of the molecule is O=C(CCN(c1nc(-c2cccc(Br)c2)nc2ccccc12)C1CC1)NCc1ccco1. The normalized spacial score (nSPS) is 13.3. The van der Waals surface area contributed by atoms with Crippen LogP contribution in [0.4, 0.5) is 5.82 Å². The first-order valence-electron chi connectivity index (χ1n) is 10.8. The van der Waals surface area contributed by atoms with Gasteiger partial charge in [-0.1, -0.05) is 40.2 Å². The summed E-state index contributed by atoms with van der Waals surface area (Å²) in [7, 11) is 0. The van der Waals surface area contributed by atoms with Crippen molar-refractivity contribution in [3.05, 3.63) is 77.2 Å². The molecule has 0 unspecified atom stereocenters. The maximum Gasteiger partial charge on any atom is 0.222 e. The molecule has 5 rings (SSSR count). The zero-order chi connectivity index (χ0) is 21.9. The number of anilines is 1. The van der Waals surface area contributed by atoms with Crippen molar-refractivity contribution in [1.82, 2.24) is 15.3 Å². The number of nitrogens with zero attached hydrogens (tertiary/aromatic N) is 3. The molecule has 2 heterocycles. The number of carbonyl (C=O) groups excluding carboxylic acids is 1. The highest BCUT2D eigenvalue weighted by atomic mass is 79.9. The molecular formula is C25H23BrN4O2. The van der Waals surface area contributed by atoms with Crippen molar-refractivity contribution < 1.29 is 9.21 Å². The van der Waals surface area contributed by atoms with Gasteiger partial charge in [0, 0.05) is 34.4 Å². The molecule has 162 valence electrons. The third-order valence-electron chi connectivity index (χ3n) is 5.55. The molecule has 32 heavy (non-hydrogen) atoms. The summed E-state index contributed by atoms with van der Waals surface area (Å²) in [6.45, 7) is 1.01. The second-order valence-corrected chi connectivity index (χ2v) is 8.84. The monoisotopic (exact) mass is 490 g/mol. The number of hydrogen-bond donors (Lipinski definition) is 1. The number of carbonyl (C=O) groups is 1. The number of rotatable bonds is 8. The van der Waals surface area contributed by atoms with Crippen LogP contribution >= 0.6 is 15.9 Å². The second-order valence-electron chi connectivity index (χ2n) is 7.93. The lowest BCUT2D eigenvalue weighted by molar-refractivity contribution is -0.121. The minimum atomic E-state index is -0.00220. The number of nitrogens with one attached hydrogen (secondary N) is 1. The number of halogens is 1. The average Bonchev–Trinajstić information content (AvgIpc) is 3.51. The summed E-state index contributed by atoms with van der Waals surface area (Å²) < 4.78 is 6.28. The fourth-order valence-electron chi connectivity index (χ4n) is 3.79. The summed E-state index contributed by atoms with van der Waals surface area (Å²) in [6.07, 6.45) is 4.22. The van der Waals surface area contributed by atoms with E-state index in [2.05, 4.69) is 32.2 Å². The maximum absolute atomic E-state index is 12.5. The highest BCUT2D eigenvalue weighted by Gasteiger charge is 2.31. The van der Waals surface area contributed by atoms with Crippen molar-refractivity contribution in [3.63, 3.8) is 0 Å². The van der Waals surface area contributed by atoms with Crippen LogP contribution in [0.3, 0.4) is 0 Å². The molecule has 1 aliphatic carbocycles. The first-order chi connectivity index (χ1) is 15.7. The number of amides is 1. The topological polar surface area (TPSA) is 71.3 Å². The highest BCUT2D eigenvalue weighted by molar-refractivity contribution is 9.10. The van der Waals surface area contributed by atoms with Gasteiger partial charge in [0.2, 0.25) is 5.91 Å². The van der Waals surface area contributed by atoms with Crippen molar-refractivity contribution in [2.24, 2.45) is 0 Å². The Labute approximate surface area is 194 Å². The molecule has 0 saturated heterocycles. The van der Waals surface area contributed by atoms with E-state index >= 15 is 0 Å². The Bertz CT molecular complexity index is 1240. The van der Waals surface area contributed by atoms with E-state index in [9.17, 15) is 4.79 Å². The fraction of sp³-hybridized carbons (Fsp3) is 0.240. The van der Waals surface area contributed by atoms with Crippen molar-refractivity contribution in [3.8, 4) is 11.4 Å². The number of hydrogen-bond acceptors (Lipinski definition) is 5. The number of para-hydroxylation sites is 1. The van der Waals surface area contributed by atoms with Gasteiger partial charge in [0.25, 0.3) is 0 Å². The molecule has 2 aromatic carbocycles. The van der Waals surface area contributed by atoms with Crippen LogP contribution in [0.5, 0.6) is 0 Å². The Morgan fingerprint density at radius 2 is 1.97 bits per heavy atom. The molecule has 7 heteroatoms. The Morgan fingerprint density at radius 3 is 2.75 bits per heavy atom. The summed E-state index contributed by atoms with van der Waals surface area (Å²) >= 11 is 3.54. The molecule has 0 aliphatic heterocycles. The second kappa shape index (κ2) is 9.12. The molecule has 0 bridgehead atoms. The molecular weight excluding hydrogens is 468 g/mol. The van der Waals surface area contributed by atoms with Gasteiger partial charge in [-0.05, 0) is 49.2 Å². The Balaban J connectivity index is 1.42. The van der Waals surface area contributed by atoms with Crippen LogP contribution in [0.2, 0.25) is 0 Å². The number of furan rings is 1. The lowest BCUT2D eigenvalue weighted by Gasteiger charge is -2.25. The summed E-state index contributed by atoms with van der Waals surface area (Å²) in [4.78, 5) is 24.6. The van der Waals surface area contributed by atoms with Crippen LogP contribution in [0.25, 0.3) is 22.3 Å². The molecule has 2 aromatic heterocycles. The summed E-state index contributed by atoms with van der Waals surface area (Å²) in [5.74, 6) is 2.33. The number of fused-ring (bicyclic) bond motifs is 1. The molecule has 0 radical (unpaired) electrons. The van der Waals surface area contributed by atoms with Crippen molar-refractivity contribution in [2.75, 3.05) is 11.4 Å². The lowest BCUT2D eigenvalue weighted by Crippen LogP contribution is -2.33. The highest BCUT2D eigenvalue weighted by Crippen LogP contribution is 2.35. The predicted octanol–water partition coefficient (Wildman–Crippen LogP) is 5.33. The minimum Gasteiger partial charge on any atom is -0.467 e. The predicted molar refractivity (Wildman–Crippen MR) is 128 cm³/mol. The molecule has 1 fully saturated rings. The summed E-state index contributed by atoms with van der Waals surface area (Å²) in [5.41, 5.74) is 1.86. The van der Waals surface area contributed by atoms with Crippen LogP contribution in [0.15, 0.2) is 75.8 Å². The first kappa shape index (κ1) is 20.7. The van der Waals surface area contributed by atoms with Crippen molar-refractivity contribution in [1.29, 1.82) is 0 Å². The number of aromatic nitrogens is 2. The standard InChI is InChI=1S/C25H23BrN4O2/c26-18-6-3-5-17(15-18)24-28-22-9-2-1-8-21(22)25(29-24)30(19-10-11-19)13-12-23(31)27-16-20-7-4-14-32-20/h1-9,14-15,19H,10-13,16H2,(H,27,31). The van der Waals surface area contributed by atoms with Gasteiger partial charge in [-0.3, -0.25) is 4.79 Å². The molecule has 6 nitrogen and oxygen atoms in total. The summed E-state index contributed by atoms with van der Waals surface area (Å²) in [6, 6.07) is 20.2. The molecule has 0 spiro atoms. The maximum atomic E-state index is 12.5. The van der Waals surface area contributed by atoms with E-state index in [-0.39, 0.29) is 5.91 Å². The Morgan fingerprint density at radius 1 is 1.09 bits per heavy atom. The molecule has 4 aromatic rings. The van der Waals surface area contributed by atoms with E-state index in [0.29, 0.717) is 31.4 Å². The van der Waals surface area contributed by atoms with Crippen LogP contribution < -0.4 is 10.2 Å². The van der Waals surface area contributed by atoms with Crippen LogP contribution in [0.1, 0.15) is 25.0 Å². The fourth-order valence-corrected chi connectivity index (χ4v) is 4.19. The van der Waals surface area contributed by atoms with E-state index in [1.165, 1.54) is 0 Å². The third kappa shape index (κ3) is 4.67. The average molecular weight is 491 g/mol. The molecule has 1 amide bonds. The van der Waals surface area contributed by atoms with E-state index in [1.807, 2.05) is 54.6 Å². The van der Waals surface area contributed by atoms with Gasteiger partial charge >= 0.3 is 0 Å². The van der Waals surface area contributed by atoms with Crippen LogP contribution in [-0.4, -0.2) is 28.5 Å². The lowest BCUT2D eigenvalue weighted by atomic mass is 10.1. The van der Waals surface area contributed by atoms with E-state index in [1.54, 1.807) is 6.26 Å². The van der Waals surface area contributed by atoms with Gasteiger partial charge in [0.05, 0.1) is 18.3 Å². The third-order valence-corrected chi connectivity index (χ3v) is 6.04. The summed E-state index contributed by atoms with van der Waals surface area (Å²) in [5, 5.41) is 3.94. The van der Waals surface area contributed by atoms with Gasteiger partial charge in [-0.15, -0.1) is 0 Å². The molecule has 0 atom stereocenters. The Hall–Kier alpha value is -3.19. The smallest absolute Gasteiger partial charge is 0.222 e. The van der Waals surface area contributed by atoms with Crippen LogP contribution in [0, 0.1) is 0 Å². The number of benzene rings is 2. The van der Waals surface area contributed by atoms with Crippen LogP contribution in [-0.2, 0) is 11.3 Å². The zero-order valence-electron chi connectivity index (χ0n) is 17.5. The van der Waals surface area contributed by atoms with E-state index < -0.39 is 0 Å². The van der Waals surface area contributed by atoms with Gasteiger partial charge in [-0.2, -0.15) is 0 Å². The van der Waals surface area contributed by atoms with E-state index in [0.717, 1.165) is 45.4 Å². The minimum absolute atomic E-state index is 0.00220. The Kier molecular flexibility index (Phi) is 5.90. The molecule has 1 N–H and O–H groups in total. The van der Waals surface area contributed by atoms with Gasteiger partial charge in [0.15, 0.2) is 5.82 Å². The van der Waals surface area contributed by atoms with Gasteiger partial charge < -0.3 is 14.6 Å². The van der Waals surface area contributed by atoms with Gasteiger partial charge in [-0.25, -0.2) is 9.97 Å². The van der Waals surface area contributed by atoms with Crippen molar-refractivity contribution in [2.45, 2.75) is 31.8 Å². The first-order valence-corrected chi connectivity index (χ1v) is 11.5. The zero-order valence-corrected chi connectivity index (χ0v) is 19.1. The quantitative estimate of drug-likeness (QED) is 0.361. The van der Waals surface area contributed by atoms with Gasteiger partial charge in [0.1, 0.15) is 11.6 Å². The van der Waals surface area contributed by atoms with Crippen molar-refractivity contribution >= 4 is 38.6 Å². The van der Waals surface area contributed by atoms with E-state index in [4.69, 9.17) is 14.4 Å². The molecule has 1 aliphatic rings. The molecule has 1 saturated carbocycles. The largest absolute Gasteiger partial charge is 0.467 e.